The van der Waals surface area contributed by atoms with Gasteiger partial charge in [-0.25, -0.2) is 0 Å². The summed E-state index contributed by atoms with van der Waals surface area (Å²) in [6.45, 7) is 0. The highest BCUT2D eigenvalue weighted by molar-refractivity contribution is 6.36. The third-order valence-corrected chi connectivity index (χ3v) is 3.75. The molecule has 1 fully saturated rings. The second-order valence-corrected chi connectivity index (χ2v) is 4.93. The van der Waals surface area contributed by atoms with Gasteiger partial charge in [-0.1, -0.05) is 17.7 Å². The number of hydrogen-bond donors (Lipinski definition) is 2. The van der Waals surface area contributed by atoms with Crippen LogP contribution >= 0.6 is 11.6 Å². The number of methoxy groups -OCH3 is 1. The molecule has 0 aliphatic heterocycles. The Bertz CT molecular complexity index is 451. The molecule has 18 heavy (non-hydrogen) atoms. The van der Waals surface area contributed by atoms with E-state index in [0.717, 1.165) is 19.3 Å². The van der Waals surface area contributed by atoms with E-state index in [4.69, 9.17) is 22.1 Å². The fourth-order valence-corrected chi connectivity index (χ4v) is 2.49. The number of rotatable bonds is 3. The summed E-state index contributed by atoms with van der Waals surface area (Å²) in [4.78, 5) is 12.1. The van der Waals surface area contributed by atoms with E-state index in [-0.39, 0.29) is 18.1 Å². The first kappa shape index (κ1) is 13.2. The molecular formula is C13H17ClN2O2. The van der Waals surface area contributed by atoms with Crippen molar-refractivity contribution in [3.8, 4) is 0 Å². The highest BCUT2D eigenvalue weighted by atomic mass is 35.5. The number of ether oxygens (including phenoxy) is 1. The van der Waals surface area contributed by atoms with Crippen molar-refractivity contribution in [1.29, 1.82) is 0 Å². The van der Waals surface area contributed by atoms with Gasteiger partial charge in [-0.15, -0.1) is 0 Å². The summed E-state index contributed by atoms with van der Waals surface area (Å²) in [5, 5.41) is 3.28. The van der Waals surface area contributed by atoms with E-state index in [2.05, 4.69) is 5.32 Å². The summed E-state index contributed by atoms with van der Waals surface area (Å²) in [5.74, 6) is -0.172. The Morgan fingerprint density at radius 3 is 2.94 bits per heavy atom. The second kappa shape index (κ2) is 5.59. The number of benzene rings is 1. The minimum atomic E-state index is -0.172. The fourth-order valence-electron chi connectivity index (χ4n) is 2.27. The number of carbonyl (C=O) groups is 1. The summed E-state index contributed by atoms with van der Waals surface area (Å²) >= 11 is 6.02. The Balaban J connectivity index is 2.02. The number of anilines is 1. The van der Waals surface area contributed by atoms with Gasteiger partial charge in [-0.05, 0) is 31.4 Å². The first-order valence-corrected chi connectivity index (χ1v) is 6.37. The molecule has 4 nitrogen and oxygen atoms in total. The molecule has 1 aliphatic rings. The smallest absolute Gasteiger partial charge is 0.253 e. The molecule has 0 bridgehead atoms. The van der Waals surface area contributed by atoms with Crippen molar-refractivity contribution in [3.05, 3.63) is 28.8 Å². The van der Waals surface area contributed by atoms with Crippen molar-refractivity contribution in [1.82, 2.24) is 5.32 Å². The lowest BCUT2D eigenvalue weighted by atomic mass is 10.1. The quantitative estimate of drug-likeness (QED) is 0.826. The molecular weight excluding hydrogens is 252 g/mol. The van der Waals surface area contributed by atoms with Crippen LogP contribution < -0.4 is 11.1 Å². The molecule has 1 aromatic rings. The van der Waals surface area contributed by atoms with Crippen molar-refractivity contribution in [3.63, 3.8) is 0 Å². The predicted octanol–water partition coefficient (Wildman–Crippen LogP) is 2.22. The summed E-state index contributed by atoms with van der Waals surface area (Å²) in [7, 11) is 1.70. The molecule has 3 N–H and O–H groups in total. The van der Waals surface area contributed by atoms with Crippen LogP contribution in [0.1, 0.15) is 29.6 Å². The van der Waals surface area contributed by atoms with E-state index in [1.807, 2.05) is 0 Å². The largest absolute Gasteiger partial charge is 0.398 e. The van der Waals surface area contributed by atoms with E-state index >= 15 is 0 Å². The Hall–Kier alpha value is -1.26. The molecule has 1 aliphatic carbocycles. The fraction of sp³-hybridized carbons (Fsp3) is 0.462. The van der Waals surface area contributed by atoms with Gasteiger partial charge >= 0.3 is 0 Å². The average Bonchev–Trinajstić information content (AvgIpc) is 2.80. The lowest BCUT2D eigenvalue weighted by molar-refractivity contribution is 0.0915. The molecule has 0 saturated heterocycles. The van der Waals surface area contributed by atoms with Gasteiger partial charge in [0.15, 0.2) is 0 Å². The Labute approximate surface area is 111 Å². The molecule has 0 heterocycles. The van der Waals surface area contributed by atoms with E-state index in [1.165, 1.54) is 0 Å². The molecule has 0 radical (unpaired) electrons. The SMILES string of the molecule is COC1CCC(NC(=O)c2cccc(N)c2Cl)C1. The van der Waals surface area contributed by atoms with Crippen LogP contribution in [0.3, 0.4) is 0 Å². The number of hydrogen-bond acceptors (Lipinski definition) is 3. The zero-order chi connectivity index (χ0) is 13.1. The molecule has 2 unspecified atom stereocenters. The molecule has 5 heteroatoms. The summed E-state index contributed by atoms with van der Waals surface area (Å²) in [6, 6.07) is 5.23. The van der Waals surface area contributed by atoms with Crippen LogP contribution in [-0.2, 0) is 4.74 Å². The number of amides is 1. The average molecular weight is 269 g/mol. The van der Waals surface area contributed by atoms with Crippen LogP contribution in [0.25, 0.3) is 0 Å². The number of carbonyl (C=O) groups excluding carboxylic acids is 1. The van der Waals surface area contributed by atoms with Gasteiger partial charge in [0.2, 0.25) is 0 Å². The first-order chi connectivity index (χ1) is 8.61. The van der Waals surface area contributed by atoms with Crippen LogP contribution in [0.2, 0.25) is 5.02 Å². The number of nitrogen functional groups attached to an aromatic ring is 1. The third-order valence-electron chi connectivity index (χ3n) is 3.33. The van der Waals surface area contributed by atoms with Gasteiger partial charge in [0.05, 0.1) is 22.4 Å². The van der Waals surface area contributed by atoms with Crippen LogP contribution in [0.15, 0.2) is 18.2 Å². The Morgan fingerprint density at radius 2 is 2.28 bits per heavy atom. The monoisotopic (exact) mass is 268 g/mol. The minimum absolute atomic E-state index is 0.153. The Kier molecular flexibility index (Phi) is 4.09. The van der Waals surface area contributed by atoms with E-state index in [9.17, 15) is 4.79 Å². The maximum absolute atomic E-state index is 12.1. The second-order valence-electron chi connectivity index (χ2n) is 4.55. The summed E-state index contributed by atoms with van der Waals surface area (Å²) in [5.41, 5.74) is 6.53. The van der Waals surface area contributed by atoms with E-state index in [0.29, 0.717) is 16.3 Å². The van der Waals surface area contributed by atoms with Gasteiger partial charge in [0.25, 0.3) is 5.91 Å². The number of nitrogens with one attached hydrogen (secondary N) is 1. The topological polar surface area (TPSA) is 64.3 Å². The van der Waals surface area contributed by atoms with Crippen molar-refractivity contribution < 1.29 is 9.53 Å². The van der Waals surface area contributed by atoms with Crippen molar-refractivity contribution >= 4 is 23.2 Å². The van der Waals surface area contributed by atoms with Gasteiger partial charge in [-0.2, -0.15) is 0 Å². The van der Waals surface area contributed by atoms with E-state index in [1.54, 1.807) is 25.3 Å². The number of halogens is 1. The van der Waals surface area contributed by atoms with Gasteiger partial charge in [0.1, 0.15) is 0 Å². The molecule has 0 aromatic heterocycles. The molecule has 0 spiro atoms. The normalized spacial score (nSPS) is 23.0. The zero-order valence-corrected chi connectivity index (χ0v) is 11.0. The standard InChI is InChI=1S/C13H17ClN2O2/c1-18-9-6-5-8(7-9)16-13(17)10-3-2-4-11(15)12(10)14/h2-4,8-9H,5-7,15H2,1H3,(H,16,17). The van der Waals surface area contributed by atoms with Gasteiger partial charge < -0.3 is 15.8 Å². The molecule has 1 aromatic carbocycles. The van der Waals surface area contributed by atoms with E-state index < -0.39 is 0 Å². The van der Waals surface area contributed by atoms with Crippen molar-refractivity contribution in [2.45, 2.75) is 31.4 Å². The maximum Gasteiger partial charge on any atom is 0.253 e. The predicted molar refractivity (Wildman–Crippen MR) is 71.8 cm³/mol. The molecule has 2 atom stereocenters. The lowest BCUT2D eigenvalue weighted by Crippen LogP contribution is -2.33. The molecule has 98 valence electrons. The maximum atomic E-state index is 12.1. The van der Waals surface area contributed by atoms with Crippen molar-refractivity contribution in [2.75, 3.05) is 12.8 Å². The zero-order valence-electron chi connectivity index (χ0n) is 10.3. The summed E-state index contributed by atoms with van der Waals surface area (Å²) in [6.07, 6.45) is 3.00. The summed E-state index contributed by atoms with van der Waals surface area (Å²) < 4.78 is 5.27. The molecule has 1 saturated carbocycles. The van der Waals surface area contributed by atoms with Crippen LogP contribution in [-0.4, -0.2) is 25.2 Å². The van der Waals surface area contributed by atoms with Gasteiger partial charge in [0, 0.05) is 13.2 Å². The lowest BCUT2D eigenvalue weighted by Gasteiger charge is -2.14. The Morgan fingerprint density at radius 1 is 1.50 bits per heavy atom. The highest BCUT2D eigenvalue weighted by Crippen LogP contribution is 2.25. The number of nitrogens with two attached hydrogens (primary N) is 1. The minimum Gasteiger partial charge on any atom is -0.398 e. The van der Waals surface area contributed by atoms with Crippen LogP contribution in [0, 0.1) is 0 Å². The highest BCUT2D eigenvalue weighted by Gasteiger charge is 2.26. The third kappa shape index (κ3) is 2.76. The van der Waals surface area contributed by atoms with Crippen LogP contribution in [0.5, 0.6) is 0 Å². The molecule has 2 rings (SSSR count). The van der Waals surface area contributed by atoms with Crippen LogP contribution in [0.4, 0.5) is 5.69 Å². The first-order valence-electron chi connectivity index (χ1n) is 5.99. The molecule has 1 amide bonds. The van der Waals surface area contributed by atoms with Gasteiger partial charge in [-0.3, -0.25) is 4.79 Å². The van der Waals surface area contributed by atoms with Crippen molar-refractivity contribution in [2.24, 2.45) is 0 Å².